The lowest BCUT2D eigenvalue weighted by molar-refractivity contribution is 0.230. The molecule has 0 aliphatic rings. The zero-order valence-electron chi connectivity index (χ0n) is 9.83. The molecule has 0 aliphatic carbocycles. The molecule has 0 atom stereocenters. The predicted octanol–water partition coefficient (Wildman–Crippen LogP) is 1.81. The SMILES string of the molecule is CC(C)(CCO)NCc1cccc(C#N)c1. The maximum atomic E-state index is 8.90. The van der Waals surface area contributed by atoms with Crippen LogP contribution in [0.25, 0.3) is 0 Å². The fraction of sp³-hybridized carbons (Fsp3) is 0.462. The third-order valence-corrected chi connectivity index (χ3v) is 2.56. The lowest BCUT2D eigenvalue weighted by Crippen LogP contribution is -2.39. The number of hydrogen-bond acceptors (Lipinski definition) is 3. The summed E-state index contributed by atoms with van der Waals surface area (Å²) in [6.45, 7) is 5.00. The molecule has 0 unspecified atom stereocenters. The Morgan fingerprint density at radius 1 is 1.44 bits per heavy atom. The van der Waals surface area contributed by atoms with Gasteiger partial charge >= 0.3 is 0 Å². The summed E-state index contributed by atoms with van der Waals surface area (Å²) >= 11 is 0. The van der Waals surface area contributed by atoms with Crippen molar-refractivity contribution in [2.45, 2.75) is 32.4 Å². The molecule has 0 spiro atoms. The van der Waals surface area contributed by atoms with Gasteiger partial charge in [0.25, 0.3) is 0 Å². The smallest absolute Gasteiger partial charge is 0.0991 e. The molecule has 1 aromatic carbocycles. The van der Waals surface area contributed by atoms with E-state index < -0.39 is 0 Å². The van der Waals surface area contributed by atoms with Crippen molar-refractivity contribution >= 4 is 0 Å². The zero-order chi connectivity index (χ0) is 12.0. The second-order valence-corrected chi connectivity index (χ2v) is 4.52. The van der Waals surface area contributed by atoms with Crippen LogP contribution in [0.5, 0.6) is 0 Å². The Kier molecular flexibility index (Phi) is 4.48. The molecular formula is C13H18N2O. The van der Waals surface area contributed by atoms with Crippen LogP contribution in [-0.4, -0.2) is 17.3 Å². The summed E-state index contributed by atoms with van der Waals surface area (Å²) in [6.07, 6.45) is 0.713. The molecule has 16 heavy (non-hydrogen) atoms. The molecular weight excluding hydrogens is 200 g/mol. The Hall–Kier alpha value is -1.37. The van der Waals surface area contributed by atoms with Crippen LogP contribution in [0.1, 0.15) is 31.4 Å². The first-order valence-corrected chi connectivity index (χ1v) is 5.42. The van der Waals surface area contributed by atoms with E-state index in [9.17, 15) is 0 Å². The molecule has 3 heteroatoms. The van der Waals surface area contributed by atoms with Crippen LogP contribution in [0.15, 0.2) is 24.3 Å². The highest BCUT2D eigenvalue weighted by atomic mass is 16.3. The molecule has 0 aliphatic heterocycles. The largest absolute Gasteiger partial charge is 0.396 e. The van der Waals surface area contributed by atoms with Gasteiger partial charge in [0.2, 0.25) is 0 Å². The number of nitrogens with zero attached hydrogens (tertiary/aromatic N) is 1. The normalized spacial score (nSPS) is 11.1. The number of nitrogens with one attached hydrogen (secondary N) is 1. The molecule has 0 saturated carbocycles. The summed E-state index contributed by atoms with van der Waals surface area (Å²) in [7, 11) is 0. The van der Waals surface area contributed by atoms with Gasteiger partial charge in [-0.05, 0) is 38.0 Å². The quantitative estimate of drug-likeness (QED) is 0.792. The van der Waals surface area contributed by atoms with Gasteiger partial charge in [0.15, 0.2) is 0 Å². The number of benzene rings is 1. The third-order valence-electron chi connectivity index (χ3n) is 2.56. The van der Waals surface area contributed by atoms with Gasteiger partial charge in [0, 0.05) is 18.7 Å². The Morgan fingerprint density at radius 2 is 2.19 bits per heavy atom. The maximum Gasteiger partial charge on any atom is 0.0991 e. The first kappa shape index (κ1) is 12.7. The predicted molar refractivity (Wildman–Crippen MR) is 63.8 cm³/mol. The van der Waals surface area contributed by atoms with E-state index in [1.54, 1.807) is 6.07 Å². The fourth-order valence-electron chi connectivity index (χ4n) is 1.46. The van der Waals surface area contributed by atoms with Gasteiger partial charge in [-0.3, -0.25) is 0 Å². The molecule has 0 heterocycles. The molecule has 0 bridgehead atoms. The monoisotopic (exact) mass is 218 g/mol. The van der Waals surface area contributed by atoms with Crippen molar-refractivity contribution < 1.29 is 5.11 Å². The van der Waals surface area contributed by atoms with Crippen molar-refractivity contribution in [3.63, 3.8) is 0 Å². The molecule has 86 valence electrons. The average Bonchev–Trinajstić information content (AvgIpc) is 2.27. The molecule has 0 amide bonds. The van der Waals surface area contributed by atoms with Gasteiger partial charge in [-0.1, -0.05) is 12.1 Å². The number of aliphatic hydroxyl groups excluding tert-OH is 1. The standard InChI is InChI=1S/C13H18N2O/c1-13(2,6-7-16)15-10-12-5-3-4-11(8-12)9-14/h3-5,8,15-16H,6-7,10H2,1-2H3. The van der Waals surface area contributed by atoms with Gasteiger partial charge in [0.1, 0.15) is 0 Å². The average molecular weight is 218 g/mol. The van der Waals surface area contributed by atoms with Gasteiger partial charge in [-0.15, -0.1) is 0 Å². The van der Waals surface area contributed by atoms with E-state index in [1.807, 2.05) is 18.2 Å². The Bertz CT molecular complexity index is 380. The molecule has 1 aromatic rings. The number of hydrogen-bond donors (Lipinski definition) is 2. The van der Waals surface area contributed by atoms with Crippen molar-refractivity contribution in [2.75, 3.05) is 6.61 Å². The molecule has 0 saturated heterocycles. The third kappa shape index (κ3) is 4.01. The molecule has 0 aromatic heterocycles. The summed E-state index contributed by atoms with van der Waals surface area (Å²) in [5, 5.41) is 21.0. The van der Waals surface area contributed by atoms with Crippen LogP contribution in [0.2, 0.25) is 0 Å². The number of nitriles is 1. The second-order valence-electron chi connectivity index (χ2n) is 4.52. The molecule has 3 nitrogen and oxygen atoms in total. The first-order chi connectivity index (χ1) is 7.57. The maximum absolute atomic E-state index is 8.90. The van der Waals surface area contributed by atoms with E-state index in [2.05, 4.69) is 25.2 Å². The van der Waals surface area contributed by atoms with Crippen LogP contribution in [0.3, 0.4) is 0 Å². The van der Waals surface area contributed by atoms with Crippen molar-refractivity contribution in [3.8, 4) is 6.07 Å². The fourth-order valence-corrected chi connectivity index (χ4v) is 1.46. The van der Waals surface area contributed by atoms with Crippen molar-refractivity contribution in [1.82, 2.24) is 5.32 Å². The molecule has 2 N–H and O–H groups in total. The van der Waals surface area contributed by atoms with E-state index in [0.29, 0.717) is 18.5 Å². The topological polar surface area (TPSA) is 56.0 Å². The summed E-state index contributed by atoms with van der Waals surface area (Å²) in [6, 6.07) is 9.67. The minimum Gasteiger partial charge on any atom is -0.396 e. The van der Waals surface area contributed by atoms with E-state index in [0.717, 1.165) is 5.56 Å². The minimum absolute atomic E-state index is 0.0859. The van der Waals surface area contributed by atoms with Crippen LogP contribution >= 0.6 is 0 Å². The number of rotatable bonds is 5. The van der Waals surface area contributed by atoms with E-state index >= 15 is 0 Å². The highest BCUT2D eigenvalue weighted by Crippen LogP contribution is 2.10. The lowest BCUT2D eigenvalue weighted by atomic mass is 10.0. The van der Waals surface area contributed by atoms with Crippen LogP contribution < -0.4 is 5.32 Å². The highest BCUT2D eigenvalue weighted by molar-refractivity contribution is 5.32. The Balaban J connectivity index is 2.58. The van der Waals surface area contributed by atoms with E-state index in [4.69, 9.17) is 10.4 Å². The van der Waals surface area contributed by atoms with Gasteiger partial charge in [-0.2, -0.15) is 5.26 Å². The van der Waals surface area contributed by atoms with Gasteiger partial charge in [-0.25, -0.2) is 0 Å². The summed E-state index contributed by atoms with van der Waals surface area (Å²) in [5.41, 5.74) is 1.68. The molecule has 0 radical (unpaired) electrons. The Morgan fingerprint density at radius 3 is 2.81 bits per heavy atom. The molecule has 0 fully saturated rings. The first-order valence-electron chi connectivity index (χ1n) is 5.42. The van der Waals surface area contributed by atoms with Crippen LogP contribution in [-0.2, 0) is 6.54 Å². The van der Waals surface area contributed by atoms with Crippen molar-refractivity contribution in [1.29, 1.82) is 5.26 Å². The summed E-state index contributed by atoms with van der Waals surface area (Å²) in [4.78, 5) is 0. The minimum atomic E-state index is -0.0859. The highest BCUT2D eigenvalue weighted by Gasteiger charge is 2.15. The van der Waals surface area contributed by atoms with Crippen molar-refractivity contribution in [3.05, 3.63) is 35.4 Å². The van der Waals surface area contributed by atoms with Gasteiger partial charge in [0.05, 0.1) is 11.6 Å². The Labute approximate surface area is 96.7 Å². The molecule has 1 rings (SSSR count). The second kappa shape index (κ2) is 5.64. The van der Waals surface area contributed by atoms with Crippen LogP contribution in [0, 0.1) is 11.3 Å². The zero-order valence-corrected chi connectivity index (χ0v) is 9.83. The van der Waals surface area contributed by atoms with Crippen LogP contribution in [0.4, 0.5) is 0 Å². The summed E-state index contributed by atoms with van der Waals surface area (Å²) < 4.78 is 0. The van der Waals surface area contributed by atoms with Crippen molar-refractivity contribution in [2.24, 2.45) is 0 Å². The van der Waals surface area contributed by atoms with E-state index in [1.165, 1.54) is 0 Å². The number of aliphatic hydroxyl groups is 1. The van der Waals surface area contributed by atoms with Gasteiger partial charge < -0.3 is 10.4 Å². The lowest BCUT2D eigenvalue weighted by Gasteiger charge is -2.25. The van der Waals surface area contributed by atoms with E-state index in [-0.39, 0.29) is 12.1 Å². The summed E-state index contributed by atoms with van der Waals surface area (Å²) in [5.74, 6) is 0.